The lowest BCUT2D eigenvalue weighted by atomic mass is 9.44. The van der Waals surface area contributed by atoms with E-state index in [9.17, 15) is 10.1 Å². The number of fused-ring (bicyclic) bond motifs is 5. The zero-order valence-corrected chi connectivity index (χ0v) is 16.1. The Morgan fingerprint density at radius 1 is 1.00 bits per heavy atom. The van der Waals surface area contributed by atoms with Crippen molar-refractivity contribution >= 4 is 5.97 Å². The standard InChI is InChI=1S/C22H33NO2/c1-14(24)25-17-8-10-21(2)15(12-17)4-6-18-19-7-5-16(13-23)22(19,3)11-9-20(18)21/h15-20H,4-12H2,1-3H3/t15-,16+,17-,18+,19+,20+,21+,22-/m1/s1. The molecule has 3 nitrogen and oxygen atoms in total. The summed E-state index contributed by atoms with van der Waals surface area (Å²) in [5.74, 6) is 3.28. The largest absolute Gasteiger partial charge is 0.463 e. The lowest BCUT2D eigenvalue weighted by Crippen LogP contribution is -2.54. The van der Waals surface area contributed by atoms with Gasteiger partial charge in [0.25, 0.3) is 0 Å². The Morgan fingerprint density at radius 2 is 1.72 bits per heavy atom. The van der Waals surface area contributed by atoms with Crippen LogP contribution in [0.4, 0.5) is 0 Å². The quantitative estimate of drug-likeness (QED) is 0.622. The molecule has 4 fully saturated rings. The molecule has 0 amide bonds. The Labute approximate surface area is 152 Å². The van der Waals surface area contributed by atoms with Crippen molar-refractivity contribution in [3.63, 3.8) is 0 Å². The van der Waals surface area contributed by atoms with E-state index in [1.54, 1.807) is 6.92 Å². The average molecular weight is 344 g/mol. The maximum Gasteiger partial charge on any atom is 0.302 e. The molecule has 0 N–H and O–H groups in total. The molecule has 0 aromatic rings. The van der Waals surface area contributed by atoms with Crippen molar-refractivity contribution in [3.8, 4) is 6.07 Å². The van der Waals surface area contributed by atoms with Gasteiger partial charge in [0, 0.05) is 6.92 Å². The summed E-state index contributed by atoms with van der Waals surface area (Å²) < 4.78 is 5.56. The van der Waals surface area contributed by atoms with Gasteiger partial charge in [-0.25, -0.2) is 0 Å². The van der Waals surface area contributed by atoms with Gasteiger partial charge in [0.05, 0.1) is 12.0 Å². The number of hydrogen-bond acceptors (Lipinski definition) is 3. The molecule has 4 aliphatic carbocycles. The van der Waals surface area contributed by atoms with Gasteiger partial charge in [0.2, 0.25) is 0 Å². The van der Waals surface area contributed by atoms with Gasteiger partial charge in [-0.05, 0) is 92.3 Å². The number of carbonyl (C=O) groups is 1. The fourth-order valence-corrected chi connectivity index (χ4v) is 7.77. The summed E-state index contributed by atoms with van der Waals surface area (Å²) in [6.45, 7) is 6.50. The maximum absolute atomic E-state index is 11.4. The van der Waals surface area contributed by atoms with Crippen LogP contribution in [-0.2, 0) is 9.53 Å². The third-order valence-corrected chi connectivity index (χ3v) is 9.11. The second-order valence-corrected chi connectivity index (χ2v) is 9.97. The topological polar surface area (TPSA) is 50.1 Å². The highest BCUT2D eigenvalue weighted by Gasteiger charge is 2.60. The van der Waals surface area contributed by atoms with Gasteiger partial charge in [-0.1, -0.05) is 13.8 Å². The van der Waals surface area contributed by atoms with E-state index < -0.39 is 0 Å². The molecule has 0 bridgehead atoms. The van der Waals surface area contributed by atoms with Crippen molar-refractivity contribution in [1.82, 2.24) is 0 Å². The Kier molecular flexibility index (Phi) is 4.17. The molecule has 8 atom stereocenters. The summed E-state index contributed by atoms with van der Waals surface area (Å²) in [6.07, 6.45) is 11.0. The van der Waals surface area contributed by atoms with Crippen LogP contribution in [0, 0.1) is 51.8 Å². The molecule has 4 saturated carbocycles. The average Bonchev–Trinajstić information content (AvgIpc) is 2.91. The highest BCUT2D eigenvalue weighted by molar-refractivity contribution is 5.66. The van der Waals surface area contributed by atoms with E-state index in [1.165, 1.54) is 38.5 Å². The summed E-state index contributed by atoms with van der Waals surface area (Å²) in [7, 11) is 0. The Balaban J connectivity index is 1.54. The minimum absolute atomic E-state index is 0.121. The lowest BCUT2D eigenvalue weighted by Gasteiger charge is -2.60. The fourth-order valence-electron chi connectivity index (χ4n) is 7.77. The minimum atomic E-state index is -0.121. The van der Waals surface area contributed by atoms with E-state index in [2.05, 4.69) is 19.9 Å². The van der Waals surface area contributed by atoms with Gasteiger partial charge in [0.15, 0.2) is 0 Å². The fraction of sp³-hybridized carbons (Fsp3) is 0.909. The molecule has 0 heterocycles. The second kappa shape index (κ2) is 6.00. The number of nitriles is 1. The van der Waals surface area contributed by atoms with Gasteiger partial charge in [-0.3, -0.25) is 4.79 Å². The van der Waals surface area contributed by atoms with Crippen LogP contribution in [0.15, 0.2) is 0 Å². The number of rotatable bonds is 1. The lowest BCUT2D eigenvalue weighted by molar-refractivity contribution is -0.159. The van der Waals surface area contributed by atoms with E-state index >= 15 is 0 Å². The van der Waals surface area contributed by atoms with E-state index in [-0.39, 0.29) is 23.4 Å². The number of esters is 1. The Morgan fingerprint density at radius 3 is 2.44 bits per heavy atom. The summed E-state index contributed by atoms with van der Waals surface area (Å²) in [4.78, 5) is 11.4. The van der Waals surface area contributed by atoms with Gasteiger partial charge in [0.1, 0.15) is 6.10 Å². The molecule has 25 heavy (non-hydrogen) atoms. The van der Waals surface area contributed by atoms with E-state index in [0.717, 1.165) is 37.0 Å². The van der Waals surface area contributed by atoms with Gasteiger partial charge in [-0.2, -0.15) is 5.26 Å². The molecular formula is C22H33NO2. The molecular weight excluding hydrogens is 310 g/mol. The molecule has 0 radical (unpaired) electrons. The van der Waals surface area contributed by atoms with Crippen molar-refractivity contribution in [2.24, 2.45) is 40.4 Å². The second-order valence-electron chi connectivity index (χ2n) is 9.97. The normalized spacial score (nSPS) is 51.6. The van der Waals surface area contributed by atoms with Crippen LogP contribution < -0.4 is 0 Å². The molecule has 4 rings (SSSR count). The monoisotopic (exact) mass is 343 g/mol. The third kappa shape index (κ3) is 2.54. The Bertz CT molecular complexity index is 595. The first-order chi connectivity index (χ1) is 11.9. The van der Waals surface area contributed by atoms with Crippen molar-refractivity contribution in [3.05, 3.63) is 0 Å². The van der Waals surface area contributed by atoms with Crippen LogP contribution in [0.25, 0.3) is 0 Å². The molecule has 0 spiro atoms. The van der Waals surface area contributed by atoms with Crippen LogP contribution in [-0.4, -0.2) is 12.1 Å². The predicted octanol–water partition coefficient (Wildman–Crippen LogP) is 5.10. The summed E-state index contributed by atoms with van der Waals surface area (Å²) >= 11 is 0. The first-order valence-corrected chi connectivity index (χ1v) is 10.5. The zero-order chi connectivity index (χ0) is 17.8. The molecule has 0 unspecified atom stereocenters. The van der Waals surface area contributed by atoms with Crippen LogP contribution in [0.2, 0.25) is 0 Å². The van der Waals surface area contributed by atoms with Crippen LogP contribution in [0.1, 0.15) is 78.6 Å². The molecule has 0 aliphatic heterocycles. The molecule has 0 aromatic heterocycles. The van der Waals surface area contributed by atoms with Crippen molar-refractivity contribution < 1.29 is 9.53 Å². The predicted molar refractivity (Wildman–Crippen MR) is 96.4 cm³/mol. The van der Waals surface area contributed by atoms with Gasteiger partial charge >= 0.3 is 5.97 Å². The van der Waals surface area contributed by atoms with Crippen LogP contribution in [0.3, 0.4) is 0 Å². The molecule has 3 heteroatoms. The van der Waals surface area contributed by atoms with Crippen LogP contribution >= 0.6 is 0 Å². The number of nitrogens with zero attached hydrogens (tertiary/aromatic N) is 1. The molecule has 138 valence electrons. The van der Waals surface area contributed by atoms with Crippen molar-refractivity contribution in [1.29, 1.82) is 5.26 Å². The van der Waals surface area contributed by atoms with Crippen molar-refractivity contribution in [2.75, 3.05) is 0 Å². The summed E-state index contributed by atoms with van der Waals surface area (Å²) in [5, 5.41) is 9.61. The molecule has 0 saturated heterocycles. The summed E-state index contributed by atoms with van der Waals surface area (Å²) in [6, 6.07) is 2.64. The highest BCUT2D eigenvalue weighted by Crippen LogP contribution is 2.67. The number of hydrogen-bond donors (Lipinski definition) is 0. The first-order valence-electron chi connectivity index (χ1n) is 10.5. The van der Waals surface area contributed by atoms with Gasteiger partial charge < -0.3 is 4.74 Å². The molecule has 4 aliphatic rings. The minimum Gasteiger partial charge on any atom is -0.463 e. The molecule has 0 aromatic carbocycles. The Hall–Kier alpha value is -1.04. The maximum atomic E-state index is 11.4. The van der Waals surface area contributed by atoms with E-state index in [1.807, 2.05) is 0 Å². The summed E-state index contributed by atoms with van der Waals surface area (Å²) in [5.41, 5.74) is 0.694. The first kappa shape index (κ1) is 17.4. The smallest absolute Gasteiger partial charge is 0.302 e. The highest BCUT2D eigenvalue weighted by atomic mass is 16.5. The van der Waals surface area contributed by atoms with Gasteiger partial charge in [-0.15, -0.1) is 0 Å². The van der Waals surface area contributed by atoms with Crippen LogP contribution in [0.5, 0.6) is 0 Å². The number of ether oxygens (including phenoxy) is 1. The SMILES string of the molecule is CC(=O)O[C@@H]1CC[C@@]2(C)[C@H](CC[C@@H]3[C@@H]2CC[C@]2(C)[C@H](C#N)CC[C@@H]32)C1. The third-order valence-electron chi connectivity index (χ3n) is 9.11. The van der Waals surface area contributed by atoms with Crippen molar-refractivity contribution in [2.45, 2.75) is 84.7 Å². The number of carbonyl (C=O) groups excluding carboxylic acids is 1. The zero-order valence-electron chi connectivity index (χ0n) is 16.1. The van der Waals surface area contributed by atoms with E-state index in [0.29, 0.717) is 11.3 Å². The van der Waals surface area contributed by atoms with E-state index in [4.69, 9.17) is 4.74 Å².